The number of halogens is 2. The van der Waals surface area contributed by atoms with Crippen LogP contribution in [0.25, 0.3) is 0 Å². The third kappa shape index (κ3) is 17.2. The lowest BCUT2D eigenvalue weighted by Crippen LogP contribution is -2.71. The van der Waals surface area contributed by atoms with Crippen LogP contribution in [0.5, 0.6) is 0 Å². The highest BCUT2D eigenvalue weighted by atomic mass is 32.2. The molecule has 68 heavy (non-hydrogen) atoms. The minimum atomic E-state index is -3.68. The molecule has 0 saturated carbocycles. The Morgan fingerprint density at radius 1 is 0.721 bits per heavy atom. The molecule has 15 nitrogen and oxygen atoms in total. The van der Waals surface area contributed by atoms with Gasteiger partial charge in [0.2, 0.25) is 21.8 Å². The molecule has 378 valence electrons. The predicted octanol–water partition coefficient (Wildman–Crippen LogP) is 6.87. The summed E-state index contributed by atoms with van der Waals surface area (Å²) in [5.41, 5.74) is -1.65. The molecule has 2 saturated heterocycles. The SMILES string of the molecule is CC(C)C[C@@H](NC(=O)[C@H](CC(=O)[C@@H](Cc1ccccc1)NC(=O)OC(C)(C)C)Cc1ccccc1)C(=O)C[C@H](CCCCNC(=O)OC(C)(C)C)C(=O)N1CCC2(CN(S(C)(=O)=O)C2)C(F)(F)C1. The van der Waals surface area contributed by atoms with E-state index in [1.165, 1.54) is 0 Å². The third-order valence-corrected chi connectivity index (χ3v) is 13.3. The number of alkyl carbamates (subject to hydrolysis) is 2. The first-order valence-corrected chi connectivity index (χ1v) is 25.4. The number of alkyl halides is 2. The Labute approximate surface area is 401 Å². The quantitative estimate of drug-likeness (QED) is 0.105. The van der Waals surface area contributed by atoms with Crippen LogP contribution in [0, 0.1) is 23.2 Å². The normalized spacial score (nSPS) is 17.8. The topological polar surface area (TPSA) is 198 Å². The Balaban J connectivity index is 1.57. The summed E-state index contributed by atoms with van der Waals surface area (Å²) in [6.45, 7) is 12.5. The molecule has 4 amide bonds. The second-order valence-electron chi connectivity index (χ2n) is 21.0. The Hall–Kier alpha value is -4.97. The van der Waals surface area contributed by atoms with Gasteiger partial charge in [0.1, 0.15) is 11.2 Å². The number of unbranched alkanes of at least 4 members (excludes halogenated alkanes) is 1. The van der Waals surface area contributed by atoms with E-state index in [2.05, 4.69) is 16.0 Å². The highest BCUT2D eigenvalue weighted by Crippen LogP contribution is 2.51. The van der Waals surface area contributed by atoms with Crippen molar-refractivity contribution in [2.24, 2.45) is 23.2 Å². The van der Waals surface area contributed by atoms with E-state index >= 15 is 8.78 Å². The van der Waals surface area contributed by atoms with Crippen molar-refractivity contribution >= 4 is 45.6 Å². The van der Waals surface area contributed by atoms with E-state index in [1.54, 1.807) is 53.7 Å². The van der Waals surface area contributed by atoms with Crippen LogP contribution < -0.4 is 16.0 Å². The molecule has 2 fully saturated rings. The van der Waals surface area contributed by atoms with Gasteiger partial charge in [0.05, 0.1) is 30.3 Å². The monoisotopic (exact) mass is 974 g/mol. The van der Waals surface area contributed by atoms with Crippen LogP contribution in [0.2, 0.25) is 0 Å². The van der Waals surface area contributed by atoms with Gasteiger partial charge < -0.3 is 30.3 Å². The second kappa shape index (κ2) is 23.6. The fourth-order valence-corrected chi connectivity index (χ4v) is 9.52. The number of amides is 4. The van der Waals surface area contributed by atoms with Crippen molar-refractivity contribution in [2.45, 2.75) is 142 Å². The number of ether oxygens (including phenoxy) is 2. The van der Waals surface area contributed by atoms with E-state index in [0.29, 0.717) is 12.8 Å². The van der Waals surface area contributed by atoms with Gasteiger partial charge in [-0.15, -0.1) is 0 Å². The molecule has 0 unspecified atom stereocenters. The van der Waals surface area contributed by atoms with Gasteiger partial charge in [-0.25, -0.2) is 31.1 Å². The molecule has 2 aromatic rings. The first kappa shape index (κ1) is 55.6. The average Bonchev–Trinajstić information content (AvgIpc) is 3.19. The van der Waals surface area contributed by atoms with Gasteiger partial charge in [0.25, 0.3) is 5.92 Å². The summed E-state index contributed by atoms with van der Waals surface area (Å²) >= 11 is 0. The number of piperidine rings is 1. The summed E-state index contributed by atoms with van der Waals surface area (Å²) in [6.07, 6.45) is -0.0239. The molecule has 0 radical (unpaired) electrons. The number of benzene rings is 2. The molecule has 0 aromatic heterocycles. The molecule has 4 atom stereocenters. The summed E-state index contributed by atoms with van der Waals surface area (Å²) in [6, 6.07) is 16.0. The van der Waals surface area contributed by atoms with E-state index in [4.69, 9.17) is 9.47 Å². The molecule has 2 heterocycles. The zero-order valence-electron chi connectivity index (χ0n) is 41.2. The fourth-order valence-electron chi connectivity index (χ4n) is 8.55. The van der Waals surface area contributed by atoms with Gasteiger partial charge in [-0.2, -0.15) is 0 Å². The molecule has 4 rings (SSSR count). The van der Waals surface area contributed by atoms with Crippen LogP contribution in [-0.2, 0) is 51.5 Å². The van der Waals surface area contributed by atoms with Gasteiger partial charge in [-0.05, 0) is 97.1 Å². The van der Waals surface area contributed by atoms with E-state index in [-0.39, 0.29) is 77.0 Å². The number of hydrogen-bond donors (Lipinski definition) is 3. The smallest absolute Gasteiger partial charge is 0.408 e. The van der Waals surface area contributed by atoms with E-state index < -0.39 is 98.6 Å². The second-order valence-corrected chi connectivity index (χ2v) is 22.9. The van der Waals surface area contributed by atoms with E-state index in [1.807, 2.05) is 62.4 Å². The van der Waals surface area contributed by atoms with Crippen molar-refractivity contribution in [3.63, 3.8) is 0 Å². The number of Topliss-reactive ketones (excluding diaryl/α,β-unsaturated/α-hetero) is 2. The van der Waals surface area contributed by atoms with Gasteiger partial charge in [0.15, 0.2) is 11.6 Å². The van der Waals surface area contributed by atoms with Gasteiger partial charge in [-0.1, -0.05) is 80.9 Å². The molecular weight excluding hydrogens is 901 g/mol. The number of ketones is 2. The lowest BCUT2D eigenvalue weighted by molar-refractivity contribution is -0.211. The number of hydrogen-bond acceptors (Lipinski definition) is 10. The number of rotatable bonds is 22. The molecule has 0 aliphatic carbocycles. The first-order valence-electron chi connectivity index (χ1n) is 23.6. The Morgan fingerprint density at radius 2 is 1.25 bits per heavy atom. The molecule has 0 bridgehead atoms. The maximum atomic E-state index is 15.9. The van der Waals surface area contributed by atoms with Gasteiger partial charge >= 0.3 is 12.2 Å². The van der Waals surface area contributed by atoms with Crippen molar-refractivity contribution in [1.82, 2.24) is 25.2 Å². The number of carbonyl (C=O) groups excluding carboxylic acids is 6. The van der Waals surface area contributed by atoms with Crippen molar-refractivity contribution in [3.8, 4) is 0 Å². The molecule has 1 spiro atoms. The van der Waals surface area contributed by atoms with Crippen LogP contribution in [0.1, 0.15) is 111 Å². The molecule has 2 aliphatic rings. The van der Waals surface area contributed by atoms with Crippen LogP contribution >= 0.6 is 0 Å². The molecule has 2 aliphatic heterocycles. The van der Waals surface area contributed by atoms with Crippen molar-refractivity contribution in [3.05, 3.63) is 71.8 Å². The maximum absolute atomic E-state index is 15.9. The Bertz CT molecular complexity index is 2160. The zero-order valence-corrected chi connectivity index (χ0v) is 42.0. The van der Waals surface area contributed by atoms with Crippen LogP contribution in [0.15, 0.2) is 60.7 Å². The zero-order chi connectivity index (χ0) is 50.7. The van der Waals surface area contributed by atoms with Crippen molar-refractivity contribution in [1.29, 1.82) is 0 Å². The number of nitrogens with zero attached hydrogens (tertiary/aromatic N) is 2. The summed E-state index contributed by atoms with van der Waals surface area (Å²) in [7, 11) is -3.68. The molecule has 2 aromatic carbocycles. The standard InChI is InChI=1S/C50H73F2N5O10S/c1-34(2)26-39(54-43(60)38(27-35-18-12-10-13-19-35)30-42(59)40(28-36-20-14-11-15-21-36)55-46(63)67-48(6,7)8)41(58)29-37(22-16-17-24-53-45(62)66-47(3,4)5)44(61)56-25-23-49(50(51,52)33-56)31-57(32-49)68(9,64)65/h10-15,18-21,34,37-40H,16-17,22-33H2,1-9H3,(H,53,62)(H,54,60)(H,55,63)/t37-,38-,39+,40+/m0/s1. The number of likely N-dealkylation sites (tertiary alicyclic amines) is 1. The van der Waals surface area contributed by atoms with Gasteiger partial charge in [-0.3, -0.25) is 19.2 Å². The summed E-state index contributed by atoms with van der Waals surface area (Å²) in [5.74, 6) is -7.74. The lowest BCUT2D eigenvalue weighted by Gasteiger charge is -2.56. The lowest BCUT2D eigenvalue weighted by atomic mass is 9.70. The maximum Gasteiger partial charge on any atom is 0.408 e. The van der Waals surface area contributed by atoms with Crippen LogP contribution in [-0.4, -0.2) is 121 Å². The number of nitrogens with one attached hydrogen (secondary N) is 3. The molecular formula is C50H73F2N5O10S. The number of carbonyl (C=O) groups is 6. The average molecular weight is 974 g/mol. The third-order valence-electron chi connectivity index (χ3n) is 12.1. The highest BCUT2D eigenvalue weighted by molar-refractivity contribution is 7.88. The highest BCUT2D eigenvalue weighted by Gasteiger charge is 2.64. The Kier molecular flexibility index (Phi) is 19.3. The predicted molar refractivity (Wildman–Crippen MR) is 254 cm³/mol. The minimum absolute atomic E-state index is 0.0632. The van der Waals surface area contributed by atoms with Crippen LogP contribution in [0.4, 0.5) is 18.4 Å². The summed E-state index contributed by atoms with van der Waals surface area (Å²) in [5, 5.41) is 8.28. The summed E-state index contributed by atoms with van der Waals surface area (Å²) in [4.78, 5) is 83.9. The summed E-state index contributed by atoms with van der Waals surface area (Å²) < 4.78 is 67.8. The molecule has 18 heteroatoms. The van der Waals surface area contributed by atoms with E-state index in [9.17, 15) is 37.2 Å². The van der Waals surface area contributed by atoms with Gasteiger partial charge in [0, 0.05) is 50.9 Å². The first-order chi connectivity index (χ1) is 31.6. The minimum Gasteiger partial charge on any atom is -0.444 e. The fraction of sp³-hybridized carbons (Fsp3) is 0.640. The number of sulfonamides is 1. The van der Waals surface area contributed by atoms with Crippen LogP contribution in [0.3, 0.4) is 0 Å². The van der Waals surface area contributed by atoms with Crippen molar-refractivity contribution < 1.29 is 55.4 Å². The Morgan fingerprint density at radius 3 is 1.78 bits per heavy atom. The van der Waals surface area contributed by atoms with Crippen molar-refractivity contribution in [2.75, 3.05) is 39.0 Å². The largest absolute Gasteiger partial charge is 0.444 e. The van der Waals surface area contributed by atoms with E-state index in [0.717, 1.165) is 26.6 Å². The molecule has 3 N–H and O–H groups in total.